The Morgan fingerprint density at radius 3 is 2.75 bits per heavy atom. The standard InChI is InChI=1S/C14H19BrN4O/c1-4-11(16)14-12(5-2)19(18-17-14)13-8-9(20-3)6-7-10(13)15/h6-8,11H,4-5,16H2,1-3H3. The lowest BCUT2D eigenvalue weighted by atomic mass is 10.1. The molecular weight excluding hydrogens is 320 g/mol. The van der Waals surface area contributed by atoms with Gasteiger partial charge in [-0.3, -0.25) is 0 Å². The first-order valence-electron chi connectivity index (χ1n) is 6.66. The van der Waals surface area contributed by atoms with Crippen molar-refractivity contribution in [3.05, 3.63) is 34.1 Å². The molecule has 2 N–H and O–H groups in total. The number of halogens is 1. The van der Waals surface area contributed by atoms with Gasteiger partial charge in [0.2, 0.25) is 0 Å². The molecule has 0 aliphatic carbocycles. The van der Waals surface area contributed by atoms with Crippen molar-refractivity contribution in [2.45, 2.75) is 32.7 Å². The van der Waals surface area contributed by atoms with Crippen LogP contribution in [0.1, 0.15) is 37.7 Å². The van der Waals surface area contributed by atoms with Crippen LogP contribution in [0.3, 0.4) is 0 Å². The van der Waals surface area contributed by atoms with Gasteiger partial charge in [-0.2, -0.15) is 0 Å². The SMILES string of the molecule is CCc1c(C(N)CC)nnn1-c1cc(OC)ccc1Br. The van der Waals surface area contributed by atoms with Gasteiger partial charge in [-0.1, -0.05) is 19.1 Å². The average Bonchev–Trinajstić information content (AvgIpc) is 2.90. The largest absolute Gasteiger partial charge is 0.497 e. The lowest BCUT2D eigenvalue weighted by Crippen LogP contribution is -2.12. The second-order valence-corrected chi connectivity index (χ2v) is 5.37. The summed E-state index contributed by atoms with van der Waals surface area (Å²) in [7, 11) is 1.65. The van der Waals surface area contributed by atoms with E-state index in [9.17, 15) is 0 Å². The average molecular weight is 339 g/mol. The van der Waals surface area contributed by atoms with Crippen LogP contribution in [0.5, 0.6) is 5.75 Å². The number of hydrogen-bond donors (Lipinski definition) is 1. The second kappa shape index (κ2) is 6.37. The Morgan fingerprint density at radius 1 is 1.40 bits per heavy atom. The summed E-state index contributed by atoms with van der Waals surface area (Å²) in [6.45, 7) is 4.12. The molecule has 0 bridgehead atoms. The lowest BCUT2D eigenvalue weighted by molar-refractivity contribution is 0.414. The molecular formula is C14H19BrN4O. The number of aromatic nitrogens is 3. The van der Waals surface area contributed by atoms with Crippen molar-refractivity contribution in [2.24, 2.45) is 5.73 Å². The van der Waals surface area contributed by atoms with Gasteiger partial charge in [0.25, 0.3) is 0 Å². The summed E-state index contributed by atoms with van der Waals surface area (Å²) in [5.41, 5.74) is 8.91. The summed E-state index contributed by atoms with van der Waals surface area (Å²) >= 11 is 3.55. The normalized spacial score (nSPS) is 12.4. The maximum Gasteiger partial charge on any atom is 0.121 e. The van der Waals surface area contributed by atoms with Crippen molar-refractivity contribution in [1.82, 2.24) is 15.0 Å². The predicted molar refractivity (Wildman–Crippen MR) is 82.2 cm³/mol. The molecule has 0 saturated carbocycles. The van der Waals surface area contributed by atoms with Crippen molar-refractivity contribution in [3.8, 4) is 11.4 Å². The van der Waals surface area contributed by atoms with Crippen molar-refractivity contribution in [1.29, 1.82) is 0 Å². The van der Waals surface area contributed by atoms with Gasteiger partial charge in [-0.25, -0.2) is 4.68 Å². The molecule has 0 fully saturated rings. The fourth-order valence-corrected chi connectivity index (χ4v) is 2.52. The van der Waals surface area contributed by atoms with E-state index in [2.05, 4.69) is 33.2 Å². The van der Waals surface area contributed by atoms with Gasteiger partial charge >= 0.3 is 0 Å². The number of rotatable bonds is 5. The molecule has 5 nitrogen and oxygen atoms in total. The number of benzene rings is 1. The van der Waals surface area contributed by atoms with Gasteiger partial charge in [-0.05, 0) is 40.9 Å². The Kier molecular flexibility index (Phi) is 4.77. The zero-order chi connectivity index (χ0) is 14.7. The molecule has 0 saturated heterocycles. The van der Waals surface area contributed by atoms with Gasteiger partial charge in [-0.15, -0.1) is 5.10 Å². The zero-order valence-corrected chi connectivity index (χ0v) is 13.5. The molecule has 1 heterocycles. The van der Waals surface area contributed by atoms with E-state index in [1.807, 2.05) is 29.8 Å². The molecule has 0 spiro atoms. The topological polar surface area (TPSA) is 66.0 Å². The van der Waals surface area contributed by atoms with Crippen LogP contribution in [0, 0.1) is 0 Å². The number of nitrogens with zero attached hydrogens (tertiary/aromatic N) is 3. The molecule has 108 valence electrons. The Labute approximate surface area is 127 Å². The highest BCUT2D eigenvalue weighted by Crippen LogP contribution is 2.28. The maximum absolute atomic E-state index is 6.10. The van der Waals surface area contributed by atoms with Crippen LogP contribution in [0.25, 0.3) is 5.69 Å². The lowest BCUT2D eigenvalue weighted by Gasteiger charge is -2.11. The zero-order valence-electron chi connectivity index (χ0n) is 11.9. The number of ether oxygens (including phenoxy) is 1. The van der Waals surface area contributed by atoms with Crippen LogP contribution in [-0.2, 0) is 6.42 Å². The highest BCUT2D eigenvalue weighted by Gasteiger charge is 2.18. The summed E-state index contributed by atoms with van der Waals surface area (Å²) in [6.07, 6.45) is 1.66. The fraction of sp³-hybridized carbons (Fsp3) is 0.429. The Morgan fingerprint density at radius 2 is 2.15 bits per heavy atom. The fourth-order valence-electron chi connectivity index (χ4n) is 2.10. The first-order chi connectivity index (χ1) is 9.62. The van der Waals surface area contributed by atoms with E-state index in [1.165, 1.54) is 0 Å². The van der Waals surface area contributed by atoms with Crippen LogP contribution in [0.2, 0.25) is 0 Å². The minimum absolute atomic E-state index is 0.0805. The van der Waals surface area contributed by atoms with Gasteiger partial charge in [0.15, 0.2) is 0 Å². The summed E-state index contributed by atoms with van der Waals surface area (Å²) in [6, 6.07) is 5.69. The van der Waals surface area contributed by atoms with Crippen molar-refractivity contribution in [2.75, 3.05) is 7.11 Å². The van der Waals surface area contributed by atoms with E-state index in [0.29, 0.717) is 0 Å². The summed E-state index contributed by atoms with van der Waals surface area (Å²) in [5.74, 6) is 0.780. The van der Waals surface area contributed by atoms with Crippen LogP contribution in [0.15, 0.2) is 22.7 Å². The molecule has 0 amide bonds. The molecule has 1 aromatic heterocycles. The number of nitrogens with two attached hydrogens (primary N) is 1. The second-order valence-electron chi connectivity index (χ2n) is 4.52. The molecule has 20 heavy (non-hydrogen) atoms. The first kappa shape index (κ1) is 15.0. The summed E-state index contributed by atoms with van der Waals surface area (Å²) in [5, 5.41) is 8.52. The molecule has 2 rings (SSSR count). The van der Waals surface area contributed by atoms with E-state index in [1.54, 1.807) is 7.11 Å². The third kappa shape index (κ3) is 2.71. The molecule has 1 unspecified atom stereocenters. The van der Waals surface area contributed by atoms with Crippen LogP contribution < -0.4 is 10.5 Å². The molecule has 0 aliphatic rings. The van der Waals surface area contributed by atoms with E-state index in [0.717, 1.165) is 40.1 Å². The van der Waals surface area contributed by atoms with Crippen LogP contribution in [0.4, 0.5) is 0 Å². The molecule has 1 atom stereocenters. The Hall–Kier alpha value is -1.40. The van der Waals surface area contributed by atoms with Crippen LogP contribution in [-0.4, -0.2) is 22.1 Å². The third-order valence-corrected chi connectivity index (χ3v) is 3.97. The number of methoxy groups -OCH3 is 1. The van der Waals surface area contributed by atoms with Gasteiger partial charge in [0.1, 0.15) is 11.4 Å². The van der Waals surface area contributed by atoms with E-state index < -0.39 is 0 Å². The maximum atomic E-state index is 6.10. The first-order valence-corrected chi connectivity index (χ1v) is 7.45. The highest BCUT2D eigenvalue weighted by atomic mass is 79.9. The molecule has 0 radical (unpaired) electrons. The third-order valence-electron chi connectivity index (χ3n) is 3.30. The van der Waals surface area contributed by atoms with Crippen LogP contribution >= 0.6 is 15.9 Å². The molecule has 2 aromatic rings. The Balaban J connectivity index is 2.55. The van der Waals surface area contributed by atoms with Crippen molar-refractivity contribution in [3.63, 3.8) is 0 Å². The molecule has 1 aromatic carbocycles. The molecule has 0 aliphatic heterocycles. The predicted octanol–water partition coefficient (Wildman–Crippen LogP) is 3.01. The minimum Gasteiger partial charge on any atom is -0.497 e. The van der Waals surface area contributed by atoms with Gasteiger partial charge < -0.3 is 10.5 Å². The minimum atomic E-state index is -0.0805. The highest BCUT2D eigenvalue weighted by molar-refractivity contribution is 9.10. The quantitative estimate of drug-likeness (QED) is 0.909. The van der Waals surface area contributed by atoms with E-state index in [-0.39, 0.29) is 6.04 Å². The van der Waals surface area contributed by atoms with Gasteiger partial charge in [0, 0.05) is 10.5 Å². The van der Waals surface area contributed by atoms with E-state index in [4.69, 9.17) is 10.5 Å². The van der Waals surface area contributed by atoms with Gasteiger partial charge in [0.05, 0.1) is 24.5 Å². The summed E-state index contributed by atoms with van der Waals surface area (Å²) in [4.78, 5) is 0. The van der Waals surface area contributed by atoms with E-state index >= 15 is 0 Å². The van der Waals surface area contributed by atoms with Crippen molar-refractivity contribution < 1.29 is 4.74 Å². The molecule has 6 heteroatoms. The monoisotopic (exact) mass is 338 g/mol. The Bertz CT molecular complexity index is 597. The van der Waals surface area contributed by atoms with Crippen molar-refractivity contribution >= 4 is 15.9 Å². The smallest absolute Gasteiger partial charge is 0.121 e. The number of hydrogen-bond acceptors (Lipinski definition) is 4. The summed E-state index contributed by atoms with van der Waals surface area (Å²) < 4.78 is 8.04.